The van der Waals surface area contributed by atoms with Gasteiger partial charge in [0.25, 0.3) is 0 Å². The summed E-state index contributed by atoms with van der Waals surface area (Å²) in [7, 11) is 7.49. The zero-order valence-corrected chi connectivity index (χ0v) is 17.2. The monoisotopic (exact) mass is 383 g/mol. The summed E-state index contributed by atoms with van der Waals surface area (Å²) < 4.78 is 0. The van der Waals surface area contributed by atoms with Crippen molar-refractivity contribution in [2.75, 3.05) is 33.5 Å². The van der Waals surface area contributed by atoms with Crippen molar-refractivity contribution in [2.45, 2.75) is 19.5 Å². The molecule has 0 spiro atoms. The molecule has 27 heavy (non-hydrogen) atoms. The van der Waals surface area contributed by atoms with E-state index < -0.39 is 0 Å². The molecule has 0 aliphatic rings. The van der Waals surface area contributed by atoms with Crippen LogP contribution in [0.2, 0.25) is 0 Å². The van der Waals surface area contributed by atoms with Crippen molar-refractivity contribution < 1.29 is 4.79 Å². The molecular weight excluding hydrogens is 358 g/mol. The Labute approximate surface area is 163 Å². The predicted molar refractivity (Wildman–Crippen MR) is 112 cm³/mol. The van der Waals surface area contributed by atoms with Crippen LogP contribution in [0.1, 0.15) is 12.7 Å². The maximum Gasteiger partial charge on any atom is 0.244 e. The van der Waals surface area contributed by atoms with Gasteiger partial charge in [0.15, 0.2) is 0 Å². The Kier molecular flexibility index (Phi) is 5.72. The normalized spacial score (nSPS) is 12.4. The largest absolute Gasteiger partial charge is 0.358 e. The minimum Gasteiger partial charge on any atom is -0.358 e. The Hall–Kier alpha value is -2.51. The van der Waals surface area contributed by atoms with Crippen molar-refractivity contribution in [3.05, 3.63) is 41.5 Å². The molecule has 0 fully saturated rings. The third-order valence-electron chi connectivity index (χ3n) is 4.19. The van der Waals surface area contributed by atoms with Gasteiger partial charge in [0.2, 0.25) is 5.91 Å². The lowest BCUT2D eigenvalue weighted by molar-refractivity contribution is -0.129. The van der Waals surface area contributed by atoms with Crippen LogP contribution in [0.5, 0.6) is 0 Å². The highest BCUT2D eigenvalue weighted by Gasteiger charge is 2.20. The van der Waals surface area contributed by atoms with E-state index in [4.69, 9.17) is 9.97 Å². The van der Waals surface area contributed by atoms with Crippen LogP contribution in [0.4, 0.5) is 5.82 Å². The zero-order valence-electron chi connectivity index (χ0n) is 16.4. The van der Waals surface area contributed by atoms with Crippen LogP contribution in [0.3, 0.4) is 0 Å². The van der Waals surface area contributed by atoms with Crippen LogP contribution in [0.25, 0.3) is 21.3 Å². The van der Waals surface area contributed by atoms with Crippen molar-refractivity contribution in [1.82, 2.24) is 19.8 Å². The molecule has 7 heteroatoms. The highest BCUT2D eigenvalue weighted by atomic mass is 32.1. The van der Waals surface area contributed by atoms with Crippen molar-refractivity contribution in [3.8, 4) is 11.1 Å². The SMILES string of the molecule is C[C@H](Nc1nc(CN(C)C)nc2scc(-c3ccccc3)c12)C(=O)N(C)C. The number of carbonyl (C=O) groups is 1. The highest BCUT2D eigenvalue weighted by Crippen LogP contribution is 2.37. The molecule has 142 valence electrons. The van der Waals surface area contributed by atoms with Crippen molar-refractivity contribution in [3.63, 3.8) is 0 Å². The maximum atomic E-state index is 12.4. The fourth-order valence-corrected chi connectivity index (χ4v) is 3.89. The minimum absolute atomic E-state index is 0.00686. The van der Waals surface area contributed by atoms with Gasteiger partial charge < -0.3 is 15.1 Å². The first-order valence-electron chi connectivity index (χ1n) is 8.82. The molecule has 1 atom stereocenters. The van der Waals surface area contributed by atoms with E-state index in [0.717, 1.165) is 27.2 Å². The number of amides is 1. The molecule has 1 amide bonds. The summed E-state index contributed by atoms with van der Waals surface area (Å²) in [6.45, 7) is 2.50. The quantitative estimate of drug-likeness (QED) is 0.708. The standard InChI is InChI=1S/C20H25N5OS/c1-13(20(26)25(4)5)21-18-17-15(14-9-7-6-8-10-14)12-27-19(17)23-16(22-18)11-24(2)3/h6-10,12-13H,11H2,1-5H3,(H,21,22,23)/t13-/m0/s1. The first-order valence-corrected chi connectivity index (χ1v) is 9.70. The third kappa shape index (κ3) is 4.26. The molecule has 0 saturated carbocycles. The molecule has 2 aromatic heterocycles. The van der Waals surface area contributed by atoms with Crippen LogP contribution < -0.4 is 5.32 Å². The van der Waals surface area contributed by atoms with Crippen LogP contribution >= 0.6 is 11.3 Å². The Bertz CT molecular complexity index is 936. The molecule has 0 aliphatic carbocycles. The average molecular weight is 384 g/mol. The molecule has 0 radical (unpaired) electrons. The molecule has 1 N–H and O–H groups in total. The fraction of sp³-hybridized carbons (Fsp3) is 0.350. The lowest BCUT2D eigenvalue weighted by Gasteiger charge is -2.20. The molecule has 0 unspecified atom stereocenters. The highest BCUT2D eigenvalue weighted by molar-refractivity contribution is 7.17. The predicted octanol–water partition coefficient (Wildman–Crippen LogP) is 3.31. The number of carbonyl (C=O) groups excluding carboxylic acids is 1. The van der Waals surface area contributed by atoms with Gasteiger partial charge in [-0.05, 0) is 26.6 Å². The number of hydrogen-bond donors (Lipinski definition) is 1. The molecule has 2 heterocycles. The van der Waals surface area contributed by atoms with Crippen molar-refractivity contribution in [1.29, 1.82) is 0 Å². The van der Waals surface area contributed by atoms with Crippen LogP contribution in [-0.2, 0) is 11.3 Å². The Morgan fingerprint density at radius 1 is 1.15 bits per heavy atom. The van der Waals surface area contributed by atoms with E-state index >= 15 is 0 Å². The van der Waals surface area contributed by atoms with E-state index in [0.29, 0.717) is 12.4 Å². The molecule has 3 rings (SSSR count). The minimum atomic E-state index is -0.381. The summed E-state index contributed by atoms with van der Waals surface area (Å²) in [4.78, 5) is 26.4. The number of fused-ring (bicyclic) bond motifs is 1. The number of rotatable bonds is 6. The number of thiophene rings is 1. The van der Waals surface area contributed by atoms with E-state index in [9.17, 15) is 4.79 Å². The van der Waals surface area contributed by atoms with E-state index in [1.165, 1.54) is 0 Å². The van der Waals surface area contributed by atoms with Gasteiger partial charge in [-0.15, -0.1) is 11.3 Å². The van der Waals surface area contributed by atoms with E-state index in [1.54, 1.807) is 30.3 Å². The summed E-state index contributed by atoms with van der Waals surface area (Å²) in [5.41, 5.74) is 2.20. The number of nitrogens with zero attached hydrogens (tertiary/aromatic N) is 4. The fourth-order valence-electron chi connectivity index (χ4n) is 2.93. The van der Waals surface area contributed by atoms with E-state index in [1.807, 2.05) is 44.1 Å². The smallest absolute Gasteiger partial charge is 0.244 e. The van der Waals surface area contributed by atoms with Crippen LogP contribution in [0, 0.1) is 0 Å². The van der Waals surface area contributed by atoms with Gasteiger partial charge >= 0.3 is 0 Å². The van der Waals surface area contributed by atoms with Gasteiger partial charge in [-0.25, -0.2) is 9.97 Å². The zero-order chi connectivity index (χ0) is 19.6. The van der Waals surface area contributed by atoms with Gasteiger partial charge in [-0.3, -0.25) is 4.79 Å². The topological polar surface area (TPSA) is 61.4 Å². The summed E-state index contributed by atoms with van der Waals surface area (Å²) in [5, 5.41) is 6.40. The molecule has 6 nitrogen and oxygen atoms in total. The number of likely N-dealkylation sites (N-methyl/N-ethyl adjacent to an activating group) is 1. The average Bonchev–Trinajstić information content (AvgIpc) is 3.05. The first kappa shape index (κ1) is 19.3. The number of anilines is 1. The van der Waals surface area contributed by atoms with Crippen molar-refractivity contribution in [2.24, 2.45) is 0 Å². The molecule has 3 aromatic rings. The number of hydrogen-bond acceptors (Lipinski definition) is 6. The molecule has 0 aliphatic heterocycles. The van der Waals surface area contributed by atoms with Crippen LogP contribution in [0.15, 0.2) is 35.7 Å². The second-order valence-corrected chi connectivity index (χ2v) is 7.88. The van der Waals surface area contributed by atoms with E-state index in [2.05, 4.69) is 22.8 Å². The Morgan fingerprint density at radius 3 is 2.48 bits per heavy atom. The Balaban J connectivity index is 2.11. The summed E-state index contributed by atoms with van der Waals surface area (Å²) in [5.74, 6) is 1.45. The number of benzene rings is 1. The molecular formula is C20H25N5OS. The number of aromatic nitrogens is 2. The van der Waals surface area contributed by atoms with Crippen molar-refractivity contribution >= 4 is 33.3 Å². The van der Waals surface area contributed by atoms with E-state index in [-0.39, 0.29) is 11.9 Å². The molecule has 0 saturated heterocycles. The van der Waals surface area contributed by atoms with Gasteiger partial charge in [-0.1, -0.05) is 30.3 Å². The van der Waals surface area contributed by atoms with Gasteiger partial charge in [0, 0.05) is 25.0 Å². The first-order chi connectivity index (χ1) is 12.9. The summed E-state index contributed by atoms with van der Waals surface area (Å²) in [6.07, 6.45) is 0. The maximum absolute atomic E-state index is 12.4. The number of nitrogens with one attached hydrogen (secondary N) is 1. The second kappa shape index (κ2) is 8.02. The lowest BCUT2D eigenvalue weighted by Crippen LogP contribution is -2.37. The second-order valence-electron chi connectivity index (χ2n) is 7.02. The Morgan fingerprint density at radius 2 is 1.85 bits per heavy atom. The van der Waals surface area contributed by atoms with Gasteiger partial charge in [-0.2, -0.15) is 0 Å². The van der Waals surface area contributed by atoms with Gasteiger partial charge in [0.1, 0.15) is 22.5 Å². The van der Waals surface area contributed by atoms with Gasteiger partial charge in [0.05, 0.1) is 11.9 Å². The summed E-state index contributed by atoms with van der Waals surface area (Å²) >= 11 is 1.60. The lowest BCUT2D eigenvalue weighted by atomic mass is 10.1. The van der Waals surface area contributed by atoms with Crippen LogP contribution in [-0.4, -0.2) is 59.9 Å². The molecule has 1 aromatic carbocycles. The summed E-state index contributed by atoms with van der Waals surface area (Å²) in [6, 6.07) is 9.81. The molecule has 0 bridgehead atoms. The third-order valence-corrected chi connectivity index (χ3v) is 5.06.